The molecule has 0 aromatic heterocycles. The van der Waals surface area contributed by atoms with Crippen molar-refractivity contribution in [3.8, 4) is 0 Å². The Hall–Kier alpha value is -1.54. The summed E-state index contributed by atoms with van der Waals surface area (Å²) in [6, 6.07) is 0. The van der Waals surface area contributed by atoms with Crippen molar-refractivity contribution in [1.29, 1.82) is 0 Å². The highest BCUT2D eigenvalue weighted by Gasteiger charge is 1.85. The van der Waals surface area contributed by atoms with Gasteiger partial charge in [-0.1, -0.05) is 0 Å². The zero-order chi connectivity index (χ0) is 8.57. The molecule has 0 bridgehead atoms. The quantitative estimate of drug-likeness (QED) is 0.290. The molecule has 0 spiro atoms. The summed E-state index contributed by atoms with van der Waals surface area (Å²) in [6.07, 6.45) is -3.38. The van der Waals surface area contributed by atoms with Crippen LogP contribution < -0.4 is 0 Å². The minimum absolute atomic E-state index is 1.69. The first-order chi connectivity index (χ1) is 4.54. The van der Waals surface area contributed by atoms with Crippen molar-refractivity contribution in [2.75, 3.05) is 0 Å². The van der Waals surface area contributed by atoms with Gasteiger partial charge in [0.1, 0.15) is 0 Å². The maximum atomic E-state index is 8.90. The summed E-state index contributed by atoms with van der Waals surface area (Å²) in [7, 11) is 0. The highest BCUT2D eigenvalue weighted by molar-refractivity contribution is 5.55. The molecule has 4 N–H and O–H groups in total. The lowest BCUT2D eigenvalue weighted by Crippen LogP contribution is -1.91. The molecule has 0 aliphatic carbocycles. The fraction of sp³-hybridized carbons (Fsp3) is 0. The Morgan fingerprint density at radius 3 is 1.00 bits per heavy atom. The van der Waals surface area contributed by atoms with E-state index in [1.54, 1.807) is 0 Å². The monoisotopic (exact) mass is 156 g/mol. The number of carbonyl (C=O) groups is 2. The molecule has 10 heavy (non-hydrogen) atoms. The highest BCUT2D eigenvalue weighted by Crippen LogP contribution is 1.60. The van der Waals surface area contributed by atoms with Gasteiger partial charge < -0.3 is 10.2 Å². The Bertz CT molecular complexity index is 91.8. The van der Waals surface area contributed by atoms with Crippen molar-refractivity contribution in [1.82, 2.24) is 0 Å². The molecule has 0 aliphatic heterocycles. The van der Waals surface area contributed by atoms with Crippen LogP contribution in [0.25, 0.3) is 0 Å². The summed E-state index contributed by atoms with van der Waals surface area (Å²) >= 11 is 0. The molecule has 0 aromatic rings. The van der Waals surface area contributed by atoms with Crippen LogP contribution in [0.5, 0.6) is 0 Å². The maximum Gasteiger partial charge on any atom is 0.537 e. The van der Waals surface area contributed by atoms with E-state index in [9.17, 15) is 0 Å². The summed E-state index contributed by atoms with van der Waals surface area (Å²) in [5, 5.41) is 28.6. The molecule has 0 saturated carbocycles. The molecule has 0 unspecified atom stereocenters. The highest BCUT2D eigenvalue weighted by atomic mass is 17.1. The summed E-state index contributed by atoms with van der Waals surface area (Å²) in [6.45, 7) is 0. The van der Waals surface area contributed by atoms with Crippen LogP contribution in [0.4, 0.5) is 9.59 Å². The Morgan fingerprint density at radius 2 is 1.00 bits per heavy atom. The van der Waals surface area contributed by atoms with Gasteiger partial charge in [-0.15, -0.1) is 0 Å². The van der Waals surface area contributed by atoms with E-state index in [2.05, 4.69) is 9.78 Å². The van der Waals surface area contributed by atoms with E-state index in [4.69, 9.17) is 30.3 Å². The fourth-order valence-electron chi connectivity index (χ4n) is 0. The van der Waals surface area contributed by atoms with Gasteiger partial charge in [0, 0.05) is 0 Å². The van der Waals surface area contributed by atoms with Gasteiger partial charge in [-0.05, 0) is 0 Å². The minimum Gasteiger partial charge on any atom is -0.448 e. The minimum atomic E-state index is -1.69. The smallest absolute Gasteiger partial charge is 0.448 e. The molecule has 8 nitrogen and oxygen atoms in total. The van der Waals surface area contributed by atoms with Crippen LogP contribution in [-0.2, 0) is 9.78 Å². The first-order valence-electron chi connectivity index (χ1n) is 1.63. The second-order valence-electron chi connectivity index (χ2n) is 0.714. The number of rotatable bonds is 0. The van der Waals surface area contributed by atoms with Gasteiger partial charge in [0.05, 0.1) is 0 Å². The molecular formula is C2H4O8. The molecule has 0 amide bonds. The van der Waals surface area contributed by atoms with E-state index in [0.29, 0.717) is 0 Å². The van der Waals surface area contributed by atoms with Gasteiger partial charge in [-0.2, -0.15) is 10.5 Å². The Balaban J connectivity index is 0. The molecular weight excluding hydrogens is 152 g/mol. The maximum absolute atomic E-state index is 8.90. The fourth-order valence-corrected chi connectivity index (χ4v) is 0. The van der Waals surface area contributed by atoms with Crippen LogP contribution in [0.2, 0.25) is 0 Å². The van der Waals surface area contributed by atoms with Crippen LogP contribution in [-0.4, -0.2) is 33.0 Å². The van der Waals surface area contributed by atoms with Crippen LogP contribution in [0.15, 0.2) is 0 Å². The predicted octanol–water partition coefficient (Wildman–Crippen LogP) is 0.308. The molecule has 0 atom stereocenters. The second kappa shape index (κ2) is 7.46. The van der Waals surface area contributed by atoms with Gasteiger partial charge in [0.2, 0.25) is 0 Å². The topological polar surface area (TPSA) is 134 Å². The summed E-state index contributed by atoms with van der Waals surface area (Å²) in [5.74, 6) is 0. The SMILES string of the molecule is O=C(O)OO.O=C(O)OO. The predicted molar refractivity (Wildman–Crippen MR) is 23.5 cm³/mol. The van der Waals surface area contributed by atoms with E-state index >= 15 is 0 Å². The number of hydrogen-bond acceptors (Lipinski definition) is 6. The zero-order valence-electron chi connectivity index (χ0n) is 4.42. The molecule has 0 fully saturated rings. The van der Waals surface area contributed by atoms with E-state index in [1.807, 2.05) is 0 Å². The summed E-state index contributed by atoms with van der Waals surface area (Å²) in [5.41, 5.74) is 0. The van der Waals surface area contributed by atoms with Crippen molar-refractivity contribution in [3.05, 3.63) is 0 Å². The average Bonchev–Trinajstić information content (AvgIpc) is 1.89. The molecule has 0 aliphatic rings. The third kappa shape index (κ3) is 31.8. The molecule has 60 valence electrons. The molecule has 0 heterocycles. The van der Waals surface area contributed by atoms with E-state index in [0.717, 1.165) is 0 Å². The van der Waals surface area contributed by atoms with E-state index in [-0.39, 0.29) is 0 Å². The van der Waals surface area contributed by atoms with Crippen molar-refractivity contribution in [3.63, 3.8) is 0 Å². The van der Waals surface area contributed by atoms with Gasteiger partial charge >= 0.3 is 12.3 Å². The van der Waals surface area contributed by atoms with Gasteiger partial charge in [-0.25, -0.2) is 9.59 Å². The largest absolute Gasteiger partial charge is 0.537 e. The summed E-state index contributed by atoms with van der Waals surface area (Å²) in [4.78, 5) is 23.1. The molecule has 0 radical (unpaired) electrons. The Morgan fingerprint density at radius 1 is 0.900 bits per heavy atom. The van der Waals surface area contributed by atoms with Crippen LogP contribution in [0, 0.1) is 0 Å². The second-order valence-corrected chi connectivity index (χ2v) is 0.714. The van der Waals surface area contributed by atoms with Crippen molar-refractivity contribution in [2.45, 2.75) is 0 Å². The lowest BCUT2D eigenvalue weighted by Gasteiger charge is -1.75. The van der Waals surface area contributed by atoms with Gasteiger partial charge in [0.15, 0.2) is 0 Å². The first-order valence-corrected chi connectivity index (χ1v) is 1.63. The molecule has 0 aromatic carbocycles. The first kappa shape index (κ1) is 11.3. The van der Waals surface area contributed by atoms with Crippen molar-refractivity contribution in [2.24, 2.45) is 0 Å². The van der Waals surface area contributed by atoms with Crippen LogP contribution >= 0.6 is 0 Å². The lowest BCUT2D eigenvalue weighted by atomic mass is 11.5. The van der Waals surface area contributed by atoms with E-state index < -0.39 is 12.3 Å². The standard InChI is InChI=1S/2CH2O4/c2*2-1(3)5-4/h2*4H,(H,2,3). The number of carboxylic acid groups (broad SMARTS) is 2. The third-order valence-corrected chi connectivity index (χ3v) is 0.156. The molecule has 0 saturated heterocycles. The number of hydrogen-bond donors (Lipinski definition) is 4. The zero-order valence-corrected chi connectivity index (χ0v) is 4.42. The average molecular weight is 156 g/mol. The van der Waals surface area contributed by atoms with Crippen molar-refractivity contribution < 1.29 is 40.1 Å². The third-order valence-electron chi connectivity index (χ3n) is 0.156. The Labute approximate surface area is 53.7 Å². The van der Waals surface area contributed by atoms with Gasteiger partial charge in [-0.3, -0.25) is 9.78 Å². The molecule has 8 heteroatoms. The normalized spacial score (nSPS) is 6.60. The molecule has 0 rings (SSSR count). The van der Waals surface area contributed by atoms with Gasteiger partial charge in [0.25, 0.3) is 0 Å². The lowest BCUT2D eigenvalue weighted by molar-refractivity contribution is -0.194. The van der Waals surface area contributed by atoms with E-state index in [1.165, 1.54) is 0 Å². The van der Waals surface area contributed by atoms with Crippen LogP contribution in [0.3, 0.4) is 0 Å². The van der Waals surface area contributed by atoms with Crippen LogP contribution in [0.1, 0.15) is 0 Å². The van der Waals surface area contributed by atoms with Crippen molar-refractivity contribution >= 4 is 12.3 Å². The summed E-state index contributed by atoms with van der Waals surface area (Å²) < 4.78 is 0. The Kier molecular flexibility index (Phi) is 8.42.